The van der Waals surface area contributed by atoms with Gasteiger partial charge in [-0.25, -0.2) is 4.79 Å². The molecule has 3 amide bonds. The molecular formula is C30H43N5O6. The fourth-order valence-corrected chi connectivity index (χ4v) is 4.29. The summed E-state index contributed by atoms with van der Waals surface area (Å²) in [6.45, 7) is 4.23. The number of amides is 3. The fourth-order valence-electron chi connectivity index (χ4n) is 4.29. The number of aromatic hydroxyl groups is 1. The second kappa shape index (κ2) is 17.0. The van der Waals surface area contributed by atoms with Gasteiger partial charge in [0.1, 0.15) is 23.9 Å². The highest BCUT2D eigenvalue weighted by molar-refractivity contribution is 5.94. The molecule has 4 atom stereocenters. The van der Waals surface area contributed by atoms with Crippen LogP contribution in [0.25, 0.3) is 0 Å². The molecule has 11 nitrogen and oxygen atoms in total. The average Bonchev–Trinajstić information content (AvgIpc) is 2.93. The van der Waals surface area contributed by atoms with Crippen LogP contribution in [-0.4, -0.2) is 64.6 Å². The predicted octanol–water partition coefficient (Wildman–Crippen LogP) is 1.22. The van der Waals surface area contributed by atoms with Gasteiger partial charge < -0.3 is 37.6 Å². The molecule has 2 rings (SSSR count). The molecule has 0 spiro atoms. The van der Waals surface area contributed by atoms with Gasteiger partial charge in [0.2, 0.25) is 17.7 Å². The molecule has 0 aliphatic rings. The SMILES string of the molecule is CC(C)CC(NC(=O)C(Cc1ccc(O)cc1)NC(=O)C(N)CCCCN)C(=O)NC(Cc1ccccc1)C(=O)O. The van der Waals surface area contributed by atoms with Crippen molar-refractivity contribution in [1.82, 2.24) is 16.0 Å². The number of nitrogens with two attached hydrogens (primary N) is 2. The van der Waals surface area contributed by atoms with Crippen LogP contribution in [-0.2, 0) is 32.0 Å². The minimum Gasteiger partial charge on any atom is -0.508 e. The predicted molar refractivity (Wildman–Crippen MR) is 156 cm³/mol. The zero-order valence-electron chi connectivity index (χ0n) is 23.7. The van der Waals surface area contributed by atoms with Crippen molar-refractivity contribution < 1.29 is 29.4 Å². The number of phenols is 1. The number of hydrogen-bond donors (Lipinski definition) is 7. The highest BCUT2D eigenvalue weighted by atomic mass is 16.4. The molecule has 0 bridgehead atoms. The first kappa shape index (κ1) is 33.2. The standard InChI is InChI=1S/C30H43N5O6/c1-19(2)16-24(28(38)35-26(30(40)41)18-20-8-4-3-5-9-20)34-29(39)25(17-21-11-13-22(36)14-12-21)33-27(37)23(32)10-6-7-15-31/h3-5,8-9,11-14,19,23-26,36H,6-7,10,15-18,31-32H2,1-2H3,(H,33,37)(H,34,39)(H,35,38)(H,40,41). The number of unbranched alkanes of at least 4 members (excludes halogenated alkanes) is 1. The van der Waals surface area contributed by atoms with Crippen molar-refractivity contribution in [2.75, 3.05) is 6.54 Å². The van der Waals surface area contributed by atoms with E-state index in [1.165, 1.54) is 12.1 Å². The normalized spacial score (nSPS) is 14.0. The third kappa shape index (κ3) is 12.0. The number of phenolic OH excluding ortho intramolecular Hbond substituents is 1. The number of nitrogens with one attached hydrogen (secondary N) is 3. The van der Waals surface area contributed by atoms with E-state index < -0.39 is 47.9 Å². The maximum absolute atomic E-state index is 13.5. The van der Waals surface area contributed by atoms with Gasteiger partial charge in [0.15, 0.2) is 0 Å². The molecule has 0 aliphatic heterocycles. The summed E-state index contributed by atoms with van der Waals surface area (Å²) in [5.74, 6) is -2.92. The maximum atomic E-state index is 13.5. The lowest BCUT2D eigenvalue weighted by Crippen LogP contribution is -2.58. The first-order valence-electron chi connectivity index (χ1n) is 13.9. The molecule has 0 radical (unpaired) electrons. The molecule has 0 saturated carbocycles. The Morgan fingerprint density at radius 3 is 1.88 bits per heavy atom. The van der Waals surface area contributed by atoms with E-state index in [2.05, 4.69) is 16.0 Å². The summed E-state index contributed by atoms with van der Waals surface area (Å²) in [6.07, 6.45) is 2.16. The second-order valence-corrected chi connectivity index (χ2v) is 10.6. The lowest BCUT2D eigenvalue weighted by molar-refractivity contribution is -0.142. The van der Waals surface area contributed by atoms with Crippen LogP contribution in [0, 0.1) is 5.92 Å². The molecule has 0 saturated heterocycles. The van der Waals surface area contributed by atoms with Gasteiger partial charge in [0.25, 0.3) is 0 Å². The number of rotatable bonds is 17. The zero-order chi connectivity index (χ0) is 30.4. The molecule has 0 aliphatic carbocycles. The summed E-state index contributed by atoms with van der Waals surface area (Å²) in [6, 6.07) is 11.0. The number of hydrogen-bond acceptors (Lipinski definition) is 7. The quantitative estimate of drug-likeness (QED) is 0.138. The van der Waals surface area contributed by atoms with Gasteiger partial charge in [-0.05, 0) is 55.0 Å². The first-order valence-corrected chi connectivity index (χ1v) is 13.9. The van der Waals surface area contributed by atoms with Crippen molar-refractivity contribution in [3.63, 3.8) is 0 Å². The van der Waals surface area contributed by atoms with Crippen LogP contribution >= 0.6 is 0 Å². The first-order chi connectivity index (χ1) is 19.5. The van der Waals surface area contributed by atoms with Crippen LogP contribution in [0.3, 0.4) is 0 Å². The van der Waals surface area contributed by atoms with Gasteiger partial charge in [-0.3, -0.25) is 14.4 Å². The number of carbonyl (C=O) groups excluding carboxylic acids is 3. The Hall–Kier alpha value is -3.96. The summed E-state index contributed by atoms with van der Waals surface area (Å²) in [4.78, 5) is 51.6. The highest BCUT2D eigenvalue weighted by Crippen LogP contribution is 2.13. The van der Waals surface area contributed by atoms with Crippen molar-refractivity contribution in [3.05, 3.63) is 65.7 Å². The van der Waals surface area contributed by atoms with E-state index in [0.717, 1.165) is 5.56 Å². The van der Waals surface area contributed by atoms with Crippen molar-refractivity contribution in [2.45, 2.75) is 76.5 Å². The Kier molecular flexibility index (Phi) is 13.8. The van der Waals surface area contributed by atoms with E-state index in [-0.39, 0.29) is 30.9 Å². The lowest BCUT2D eigenvalue weighted by atomic mass is 9.99. The molecule has 0 aromatic heterocycles. The van der Waals surface area contributed by atoms with Crippen molar-refractivity contribution >= 4 is 23.7 Å². The fraction of sp³-hybridized carbons (Fsp3) is 0.467. The van der Waals surface area contributed by atoms with Gasteiger partial charge in [0.05, 0.1) is 6.04 Å². The van der Waals surface area contributed by atoms with E-state index >= 15 is 0 Å². The van der Waals surface area contributed by atoms with Crippen LogP contribution in [0.1, 0.15) is 50.7 Å². The maximum Gasteiger partial charge on any atom is 0.326 e. The van der Waals surface area contributed by atoms with E-state index in [9.17, 15) is 29.4 Å². The van der Waals surface area contributed by atoms with Gasteiger partial charge >= 0.3 is 5.97 Å². The van der Waals surface area contributed by atoms with Crippen LogP contribution in [0.5, 0.6) is 5.75 Å². The highest BCUT2D eigenvalue weighted by Gasteiger charge is 2.31. The third-order valence-corrected chi connectivity index (χ3v) is 6.55. The Morgan fingerprint density at radius 1 is 0.756 bits per heavy atom. The Labute approximate surface area is 241 Å². The van der Waals surface area contributed by atoms with Gasteiger partial charge in [-0.2, -0.15) is 0 Å². The summed E-state index contributed by atoms with van der Waals surface area (Å²) < 4.78 is 0. The molecule has 11 heteroatoms. The van der Waals surface area contributed by atoms with E-state index in [0.29, 0.717) is 31.4 Å². The summed E-state index contributed by atoms with van der Waals surface area (Å²) in [7, 11) is 0. The van der Waals surface area contributed by atoms with E-state index in [4.69, 9.17) is 11.5 Å². The zero-order valence-corrected chi connectivity index (χ0v) is 23.7. The van der Waals surface area contributed by atoms with Gasteiger partial charge in [0, 0.05) is 12.8 Å². The minimum absolute atomic E-state index is 0.00967. The molecule has 0 heterocycles. The van der Waals surface area contributed by atoms with Gasteiger partial charge in [-0.1, -0.05) is 62.7 Å². The summed E-state index contributed by atoms with van der Waals surface area (Å²) >= 11 is 0. The molecule has 4 unspecified atom stereocenters. The van der Waals surface area contributed by atoms with Crippen molar-refractivity contribution in [2.24, 2.45) is 17.4 Å². The molecule has 41 heavy (non-hydrogen) atoms. The number of carbonyl (C=O) groups is 4. The largest absolute Gasteiger partial charge is 0.508 e. The summed E-state index contributed by atoms with van der Waals surface area (Å²) in [5, 5.41) is 27.4. The molecule has 224 valence electrons. The number of benzene rings is 2. The number of aliphatic carboxylic acids is 1. The molecule has 2 aromatic rings. The minimum atomic E-state index is -1.20. The number of carboxylic acids is 1. The Morgan fingerprint density at radius 2 is 1.29 bits per heavy atom. The van der Waals surface area contributed by atoms with E-state index in [1.54, 1.807) is 36.4 Å². The van der Waals surface area contributed by atoms with Crippen molar-refractivity contribution in [1.29, 1.82) is 0 Å². The lowest BCUT2D eigenvalue weighted by Gasteiger charge is -2.26. The van der Waals surface area contributed by atoms with Crippen LogP contribution in [0.15, 0.2) is 54.6 Å². The Balaban J connectivity index is 2.21. The van der Waals surface area contributed by atoms with Crippen LogP contribution in [0.4, 0.5) is 0 Å². The molecule has 0 fully saturated rings. The average molecular weight is 570 g/mol. The smallest absolute Gasteiger partial charge is 0.326 e. The van der Waals surface area contributed by atoms with Gasteiger partial charge in [-0.15, -0.1) is 0 Å². The number of carboxylic acid groups (broad SMARTS) is 1. The second-order valence-electron chi connectivity index (χ2n) is 10.6. The molecule has 9 N–H and O–H groups in total. The summed E-state index contributed by atoms with van der Waals surface area (Å²) in [5.41, 5.74) is 13.0. The topological polar surface area (TPSA) is 197 Å². The van der Waals surface area contributed by atoms with E-state index in [1.807, 2.05) is 19.9 Å². The third-order valence-electron chi connectivity index (χ3n) is 6.55. The van der Waals surface area contributed by atoms with Crippen LogP contribution in [0.2, 0.25) is 0 Å². The van der Waals surface area contributed by atoms with Crippen molar-refractivity contribution in [3.8, 4) is 5.75 Å². The van der Waals surface area contributed by atoms with Crippen LogP contribution < -0.4 is 27.4 Å². The monoisotopic (exact) mass is 569 g/mol. The molecular weight excluding hydrogens is 526 g/mol. The molecule has 2 aromatic carbocycles. The Bertz CT molecular complexity index is 1130.